The molecule has 0 aliphatic carbocycles. The van der Waals surface area contributed by atoms with Crippen molar-refractivity contribution in [1.29, 1.82) is 0 Å². The normalized spacial score (nSPS) is 11.1. The highest BCUT2D eigenvalue weighted by Gasteiger charge is 2.14. The lowest BCUT2D eigenvalue weighted by Gasteiger charge is -2.00. The van der Waals surface area contributed by atoms with Crippen LogP contribution in [0.3, 0.4) is 0 Å². The Balaban J connectivity index is 2.23. The van der Waals surface area contributed by atoms with Crippen LogP contribution in [0.2, 0.25) is 10.0 Å². The Morgan fingerprint density at radius 2 is 1.95 bits per heavy atom. The van der Waals surface area contributed by atoms with Crippen LogP contribution in [0.1, 0.15) is 0 Å². The smallest absolute Gasteiger partial charge is 0.229 e. The highest BCUT2D eigenvalue weighted by atomic mass is 35.5. The maximum atomic E-state index is 13.0. The van der Waals surface area contributed by atoms with E-state index in [9.17, 15) is 4.39 Å². The minimum atomic E-state index is -0.418. The Labute approximate surface area is 117 Å². The van der Waals surface area contributed by atoms with E-state index in [4.69, 9.17) is 33.4 Å². The first-order valence-electron chi connectivity index (χ1n) is 5.35. The standard InChI is InChI=1S/C13H7Cl2FN2O/c14-6-3-9(15)12-11(4-6)18-13(19-12)8-2-1-7(16)5-10(8)17/h1-5H,17H2. The van der Waals surface area contributed by atoms with Crippen LogP contribution in [0.4, 0.5) is 10.1 Å². The van der Waals surface area contributed by atoms with Gasteiger partial charge in [-0.1, -0.05) is 23.2 Å². The van der Waals surface area contributed by atoms with Gasteiger partial charge in [0.05, 0.1) is 10.6 Å². The van der Waals surface area contributed by atoms with E-state index in [1.54, 1.807) is 12.1 Å². The number of rotatable bonds is 1. The third-order valence-electron chi connectivity index (χ3n) is 2.65. The first-order chi connectivity index (χ1) is 9.04. The van der Waals surface area contributed by atoms with Gasteiger partial charge in [0.15, 0.2) is 5.58 Å². The molecule has 0 spiro atoms. The number of nitrogens with two attached hydrogens (primary N) is 1. The van der Waals surface area contributed by atoms with Crippen molar-refractivity contribution in [3.8, 4) is 11.5 Å². The number of aromatic nitrogens is 1. The molecular weight excluding hydrogens is 290 g/mol. The number of nitrogen functional groups attached to an aromatic ring is 1. The van der Waals surface area contributed by atoms with Crippen molar-refractivity contribution in [3.05, 3.63) is 46.2 Å². The van der Waals surface area contributed by atoms with Crippen LogP contribution in [-0.2, 0) is 0 Å². The van der Waals surface area contributed by atoms with Gasteiger partial charge in [-0.25, -0.2) is 9.37 Å². The summed E-state index contributed by atoms with van der Waals surface area (Å²) in [5.41, 5.74) is 7.44. The van der Waals surface area contributed by atoms with Crippen LogP contribution < -0.4 is 5.73 Å². The zero-order valence-corrected chi connectivity index (χ0v) is 11.0. The molecule has 0 aliphatic heterocycles. The largest absolute Gasteiger partial charge is 0.434 e. The molecule has 3 rings (SSSR count). The predicted octanol–water partition coefficient (Wildman–Crippen LogP) is 4.52. The van der Waals surface area contributed by atoms with Crippen molar-refractivity contribution in [1.82, 2.24) is 4.98 Å². The van der Waals surface area contributed by atoms with E-state index in [-0.39, 0.29) is 11.6 Å². The van der Waals surface area contributed by atoms with Crippen molar-refractivity contribution in [2.45, 2.75) is 0 Å². The van der Waals surface area contributed by atoms with Crippen molar-refractivity contribution in [2.75, 3.05) is 5.73 Å². The van der Waals surface area contributed by atoms with E-state index in [1.165, 1.54) is 18.2 Å². The fraction of sp³-hybridized carbons (Fsp3) is 0. The molecule has 0 radical (unpaired) electrons. The van der Waals surface area contributed by atoms with Crippen LogP contribution >= 0.6 is 23.2 Å². The highest BCUT2D eigenvalue weighted by Crippen LogP contribution is 2.33. The summed E-state index contributed by atoms with van der Waals surface area (Å²) in [4.78, 5) is 4.26. The molecule has 1 heterocycles. The summed E-state index contributed by atoms with van der Waals surface area (Å²) in [5, 5.41) is 0.825. The fourth-order valence-electron chi connectivity index (χ4n) is 1.80. The molecule has 0 saturated carbocycles. The maximum Gasteiger partial charge on any atom is 0.229 e. The Morgan fingerprint density at radius 3 is 2.68 bits per heavy atom. The number of benzene rings is 2. The molecule has 1 aromatic heterocycles. The summed E-state index contributed by atoms with van der Waals surface area (Å²) in [5.74, 6) is -0.143. The number of hydrogen-bond acceptors (Lipinski definition) is 3. The molecule has 2 aromatic carbocycles. The molecule has 2 N–H and O–H groups in total. The van der Waals surface area contributed by atoms with E-state index in [0.29, 0.717) is 26.7 Å². The molecule has 19 heavy (non-hydrogen) atoms. The Bertz CT molecular complexity index is 786. The molecule has 3 aromatic rings. The van der Waals surface area contributed by atoms with E-state index in [0.717, 1.165) is 0 Å². The van der Waals surface area contributed by atoms with Gasteiger partial charge in [0, 0.05) is 10.7 Å². The SMILES string of the molecule is Nc1cc(F)ccc1-c1nc2cc(Cl)cc(Cl)c2o1. The summed E-state index contributed by atoms with van der Waals surface area (Å²) in [6.45, 7) is 0. The molecule has 0 fully saturated rings. The first kappa shape index (κ1) is 12.3. The molecule has 96 valence electrons. The topological polar surface area (TPSA) is 52.0 Å². The highest BCUT2D eigenvalue weighted by molar-refractivity contribution is 6.38. The van der Waals surface area contributed by atoms with Gasteiger partial charge < -0.3 is 10.2 Å². The Morgan fingerprint density at radius 1 is 1.16 bits per heavy atom. The molecule has 0 aliphatic rings. The van der Waals surface area contributed by atoms with E-state index >= 15 is 0 Å². The second-order valence-corrected chi connectivity index (χ2v) is 4.83. The number of oxazole rings is 1. The third-order valence-corrected chi connectivity index (χ3v) is 3.15. The summed E-state index contributed by atoms with van der Waals surface area (Å²) in [6, 6.07) is 7.20. The number of halogens is 3. The maximum absolute atomic E-state index is 13.0. The minimum absolute atomic E-state index is 0.244. The van der Waals surface area contributed by atoms with Gasteiger partial charge >= 0.3 is 0 Å². The molecule has 0 bridgehead atoms. The molecule has 3 nitrogen and oxygen atoms in total. The Kier molecular flexibility index (Phi) is 2.84. The zero-order chi connectivity index (χ0) is 13.6. The molecule has 0 atom stereocenters. The number of hydrogen-bond donors (Lipinski definition) is 1. The first-order valence-corrected chi connectivity index (χ1v) is 6.11. The quantitative estimate of drug-likeness (QED) is 0.672. The lowest BCUT2D eigenvalue weighted by atomic mass is 10.2. The van der Waals surface area contributed by atoms with Crippen molar-refractivity contribution < 1.29 is 8.81 Å². The van der Waals surface area contributed by atoms with Crippen molar-refractivity contribution in [2.24, 2.45) is 0 Å². The molecule has 0 saturated heterocycles. The van der Waals surface area contributed by atoms with Gasteiger partial charge in [0.25, 0.3) is 0 Å². The van der Waals surface area contributed by atoms with E-state index < -0.39 is 5.82 Å². The lowest BCUT2D eigenvalue weighted by molar-refractivity contribution is 0.617. The van der Waals surface area contributed by atoms with E-state index in [2.05, 4.69) is 4.98 Å². The fourth-order valence-corrected chi connectivity index (χ4v) is 2.32. The van der Waals surface area contributed by atoms with Gasteiger partial charge in [-0.2, -0.15) is 0 Å². The van der Waals surface area contributed by atoms with Crippen LogP contribution in [-0.4, -0.2) is 4.98 Å². The lowest BCUT2D eigenvalue weighted by Crippen LogP contribution is -1.91. The summed E-state index contributed by atoms with van der Waals surface area (Å²) in [7, 11) is 0. The van der Waals surface area contributed by atoms with Gasteiger partial charge in [-0.3, -0.25) is 0 Å². The van der Waals surface area contributed by atoms with Crippen LogP contribution in [0.15, 0.2) is 34.7 Å². The number of fused-ring (bicyclic) bond motifs is 1. The average molecular weight is 297 g/mol. The van der Waals surface area contributed by atoms with Gasteiger partial charge in [0.2, 0.25) is 5.89 Å². The minimum Gasteiger partial charge on any atom is -0.434 e. The number of nitrogens with zero attached hydrogens (tertiary/aromatic N) is 1. The summed E-state index contributed by atoms with van der Waals surface area (Å²) in [6.07, 6.45) is 0. The van der Waals surface area contributed by atoms with Crippen LogP contribution in [0.5, 0.6) is 0 Å². The van der Waals surface area contributed by atoms with Crippen molar-refractivity contribution in [3.63, 3.8) is 0 Å². The van der Waals surface area contributed by atoms with Crippen LogP contribution in [0, 0.1) is 5.82 Å². The molecule has 0 unspecified atom stereocenters. The zero-order valence-electron chi connectivity index (χ0n) is 9.45. The second kappa shape index (κ2) is 4.40. The van der Waals surface area contributed by atoms with Crippen molar-refractivity contribution >= 4 is 40.0 Å². The average Bonchev–Trinajstić information content (AvgIpc) is 2.72. The van der Waals surface area contributed by atoms with Gasteiger partial charge in [-0.05, 0) is 30.3 Å². The molecule has 6 heteroatoms. The third kappa shape index (κ3) is 2.13. The monoisotopic (exact) mass is 296 g/mol. The molecule has 0 amide bonds. The van der Waals surface area contributed by atoms with Gasteiger partial charge in [-0.15, -0.1) is 0 Å². The predicted molar refractivity (Wildman–Crippen MR) is 73.8 cm³/mol. The Hall–Kier alpha value is -1.78. The molecular formula is C13H7Cl2FN2O. The second-order valence-electron chi connectivity index (χ2n) is 3.99. The summed E-state index contributed by atoms with van der Waals surface area (Å²) >= 11 is 11.9. The van der Waals surface area contributed by atoms with Gasteiger partial charge in [0.1, 0.15) is 11.3 Å². The van der Waals surface area contributed by atoms with Crippen LogP contribution in [0.25, 0.3) is 22.6 Å². The summed E-state index contributed by atoms with van der Waals surface area (Å²) < 4.78 is 18.6. The van der Waals surface area contributed by atoms with E-state index in [1.807, 2.05) is 0 Å². The number of anilines is 1.